The maximum atomic E-state index is 10.9. The van der Waals surface area contributed by atoms with Gasteiger partial charge in [0, 0.05) is 28.8 Å². The predicted octanol–water partition coefficient (Wildman–Crippen LogP) is 5.26. The van der Waals surface area contributed by atoms with Crippen LogP contribution in [-0.4, -0.2) is 10.1 Å². The van der Waals surface area contributed by atoms with Crippen molar-refractivity contribution in [2.45, 2.75) is 6.04 Å². The molecule has 4 nitrogen and oxygen atoms in total. The lowest BCUT2D eigenvalue weighted by atomic mass is 9.96. The third-order valence-corrected chi connectivity index (χ3v) is 5.23. The first kappa shape index (κ1) is 17.6. The average molecular weight is 397 g/mol. The van der Waals surface area contributed by atoms with E-state index in [0.29, 0.717) is 21.1 Å². The maximum absolute atomic E-state index is 10.9. The number of hydrogen-bond acceptors (Lipinski definition) is 3. The fourth-order valence-electron chi connectivity index (χ4n) is 3.08. The summed E-state index contributed by atoms with van der Waals surface area (Å²) in [7, 11) is 0. The van der Waals surface area contributed by atoms with Gasteiger partial charge in [0.15, 0.2) is 0 Å². The van der Waals surface area contributed by atoms with Gasteiger partial charge in [0.2, 0.25) is 0 Å². The first-order valence-corrected chi connectivity index (χ1v) is 9.14. The third kappa shape index (κ3) is 3.42. The molecule has 6 heteroatoms. The molecule has 1 atom stereocenters. The smallest absolute Gasteiger partial charge is 0.272 e. The highest BCUT2D eigenvalue weighted by Crippen LogP contribution is 2.39. The van der Waals surface area contributed by atoms with Crippen molar-refractivity contribution in [1.82, 2.24) is 4.98 Å². The van der Waals surface area contributed by atoms with E-state index in [0.717, 1.165) is 16.8 Å². The average Bonchev–Trinajstić information content (AvgIpc) is 2.70. The van der Waals surface area contributed by atoms with E-state index in [1.54, 1.807) is 12.3 Å². The molecular formula is C21H16Cl2N3O+. The Kier molecular flexibility index (Phi) is 4.84. The van der Waals surface area contributed by atoms with E-state index in [9.17, 15) is 5.11 Å². The molecule has 0 saturated carbocycles. The van der Waals surface area contributed by atoms with Crippen LogP contribution in [0.5, 0.6) is 5.75 Å². The van der Waals surface area contributed by atoms with Gasteiger partial charge in [-0.1, -0.05) is 53.5 Å². The summed E-state index contributed by atoms with van der Waals surface area (Å²) in [6, 6.07) is 18.3. The van der Waals surface area contributed by atoms with Crippen LogP contribution in [0.2, 0.25) is 10.0 Å². The first-order valence-electron chi connectivity index (χ1n) is 8.39. The van der Waals surface area contributed by atoms with Crippen molar-refractivity contribution < 1.29 is 10.1 Å². The SMILES string of the molecule is Oc1c([C@@H](Nc2cccc[nH+]2)c2cccc(Cl)c2Cl)ccc2cccnc12. The second-order valence-electron chi connectivity index (χ2n) is 6.08. The topological polar surface area (TPSA) is 59.3 Å². The number of H-pyrrole nitrogens is 1. The van der Waals surface area contributed by atoms with Crippen molar-refractivity contribution in [1.29, 1.82) is 0 Å². The molecule has 4 rings (SSSR count). The monoisotopic (exact) mass is 396 g/mol. The molecule has 0 amide bonds. The van der Waals surface area contributed by atoms with Gasteiger partial charge in [-0.25, -0.2) is 4.98 Å². The van der Waals surface area contributed by atoms with E-state index in [-0.39, 0.29) is 5.75 Å². The Bertz CT molecular complexity index is 1100. The third-order valence-electron chi connectivity index (χ3n) is 4.39. The van der Waals surface area contributed by atoms with Crippen LogP contribution in [0.4, 0.5) is 5.82 Å². The van der Waals surface area contributed by atoms with Gasteiger partial charge < -0.3 is 5.11 Å². The molecule has 27 heavy (non-hydrogen) atoms. The van der Waals surface area contributed by atoms with Gasteiger partial charge in [-0.2, -0.15) is 0 Å². The highest BCUT2D eigenvalue weighted by Gasteiger charge is 2.26. The zero-order chi connectivity index (χ0) is 18.8. The number of pyridine rings is 2. The van der Waals surface area contributed by atoms with Crippen molar-refractivity contribution >= 4 is 39.9 Å². The molecule has 0 aliphatic heterocycles. The standard InChI is InChI=1S/C21H15Cl2N3O/c22-16-7-3-6-14(18(16)23)20(26-17-8-1-2-11-24-17)15-10-9-13-5-4-12-25-19(13)21(15)27/h1-12,20,27H,(H,24,26)/p+1/t20-/m0/s1. The molecule has 0 radical (unpaired) electrons. The van der Waals surface area contributed by atoms with Crippen molar-refractivity contribution in [3.05, 3.63) is 94.2 Å². The number of aromatic hydroxyl groups is 1. The Hall–Kier alpha value is -2.82. The van der Waals surface area contributed by atoms with Crippen LogP contribution in [-0.2, 0) is 0 Å². The fraction of sp³-hybridized carbons (Fsp3) is 0.0476. The largest absolute Gasteiger partial charge is 0.505 e. The number of fused-ring (bicyclic) bond motifs is 1. The number of rotatable bonds is 4. The summed E-state index contributed by atoms with van der Waals surface area (Å²) in [6.07, 6.45) is 3.48. The van der Waals surface area contributed by atoms with Crippen molar-refractivity contribution in [2.24, 2.45) is 0 Å². The van der Waals surface area contributed by atoms with Gasteiger partial charge in [-0.3, -0.25) is 10.3 Å². The number of aromatic amines is 1. The maximum Gasteiger partial charge on any atom is 0.272 e. The van der Waals surface area contributed by atoms with Crippen LogP contribution in [0.25, 0.3) is 10.9 Å². The van der Waals surface area contributed by atoms with Crippen molar-refractivity contribution in [3.8, 4) is 5.75 Å². The summed E-state index contributed by atoms with van der Waals surface area (Å²) in [5.41, 5.74) is 1.95. The van der Waals surface area contributed by atoms with Crippen LogP contribution >= 0.6 is 23.2 Å². The van der Waals surface area contributed by atoms with Crippen LogP contribution in [0.15, 0.2) is 73.1 Å². The molecule has 4 aromatic rings. The van der Waals surface area contributed by atoms with Crippen LogP contribution in [0.1, 0.15) is 17.2 Å². The zero-order valence-corrected chi connectivity index (χ0v) is 15.7. The number of nitrogens with one attached hydrogen (secondary N) is 2. The van der Waals surface area contributed by atoms with Gasteiger partial charge in [-0.05, 0) is 24.3 Å². The molecule has 134 valence electrons. The number of hydrogen-bond donors (Lipinski definition) is 2. The normalized spacial score (nSPS) is 12.1. The highest BCUT2D eigenvalue weighted by atomic mass is 35.5. The molecule has 0 spiro atoms. The quantitative estimate of drug-likeness (QED) is 0.494. The molecule has 3 N–H and O–H groups in total. The molecular weight excluding hydrogens is 381 g/mol. The van der Waals surface area contributed by atoms with Gasteiger partial charge in [-0.15, -0.1) is 0 Å². The molecule has 0 unspecified atom stereocenters. The van der Waals surface area contributed by atoms with E-state index in [2.05, 4.69) is 15.3 Å². The van der Waals surface area contributed by atoms with Crippen molar-refractivity contribution in [2.75, 3.05) is 5.32 Å². The predicted molar refractivity (Wildman–Crippen MR) is 108 cm³/mol. The molecule has 2 heterocycles. The second kappa shape index (κ2) is 7.43. The lowest BCUT2D eigenvalue weighted by Crippen LogP contribution is -2.19. The Morgan fingerprint density at radius 3 is 2.63 bits per heavy atom. The molecule has 0 saturated heterocycles. The summed E-state index contributed by atoms with van der Waals surface area (Å²) in [6.45, 7) is 0. The lowest BCUT2D eigenvalue weighted by molar-refractivity contribution is -0.361. The number of aromatic nitrogens is 2. The minimum Gasteiger partial charge on any atom is -0.505 e. The summed E-state index contributed by atoms with van der Waals surface area (Å²) < 4.78 is 0. The molecule has 0 aliphatic rings. The highest BCUT2D eigenvalue weighted by molar-refractivity contribution is 6.42. The van der Waals surface area contributed by atoms with E-state index >= 15 is 0 Å². The minimum absolute atomic E-state index is 0.109. The van der Waals surface area contributed by atoms with Gasteiger partial charge in [0.05, 0.1) is 16.2 Å². The van der Waals surface area contributed by atoms with E-state index < -0.39 is 6.04 Å². The minimum atomic E-state index is -0.429. The van der Waals surface area contributed by atoms with E-state index in [1.807, 2.05) is 60.8 Å². The zero-order valence-electron chi connectivity index (χ0n) is 14.2. The summed E-state index contributed by atoms with van der Waals surface area (Å²) in [4.78, 5) is 7.46. The molecule has 2 aromatic carbocycles. The number of anilines is 1. The van der Waals surface area contributed by atoms with Gasteiger partial charge >= 0.3 is 0 Å². The summed E-state index contributed by atoms with van der Waals surface area (Å²) >= 11 is 12.7. The number of benzene rings is 2. The number of phenols is 1. The molecule has 0 fully saturated rings. The Balaban J connectivity index is 1.90. The second-order valence-corrected chi connectivity index (χ2v) is 6.86. The fourth-order valence-corrected chi connectivity index (χ4v) is 3.50. The van der Waals surface area contributed by atoms with Gasteiger partial charge in [0.25, 0.3) is 5.82 Å². The van der Waals surface area contributed by atoms with Crippen LogP contribution < -0.4 is 10.3 Å². The molecule has 0 bridgehead atoms. The Labute approximate surface area is 166 Å². The van der Waals surface area contributed by atoms with E-state index in [1.165, 1.54) is 0 Å². The first-order chi connectivity index (χ1) is 13.1. The Morgan fingerprint density at radius 2 is 1.81 bits per heavy atom. The number of halogens is 2. The summed E-state index contributed by atoms with van der Waals surface area (Å²) in [5, 5.41) is 16.1. The van der Waals surface area contributed by atoms with Crippen molar-refractivity contribution in [3.63, 3.8) is 0 Å². The van der Waals surface area contributed by atoms with Crippen LogP contribution in [0.3, 0.4) is 0 Å². The lowest BCUT2D eigenvalue weighted by Gasteiger charge is -2.19. The Morgan fingerprint density at radius 1 is 0.926 bits per heavy atom. The molecule has 0 aliphatic carbocycles. The summed E-state index contributed by atoms with van der Waals surface area (Å²) in [5.74, 6) is 0.886. The van der Waals surface area contributed by atoms with Crippen LogP contribution in [0, 0.1) is 0 Å². The number of phenolic OH excluding ortho intramolecular Hbond substituents is 1. The van der Waals surface area contributed by atoms with Gasteiger partial charge in [0.1, 0.15) is 17.3 Å². The number of nitrogens with zero attached hydrogens (tertiary/aromatic N) is 1. The molecule has 2 aromatic heterocycles. The van der Waals surface area contributed by atoms with E-state index in [4.69, 9.17) is 23.2 Å².